The van der Waals surface area contributed by atoms with Gasteiger partial charge in [0, 0.05) is 43.6 Å². The fourth-order valence-corrected chi connectivity index (χ4v) is 5.60. The summed E-state index contributed by atoms with van der Waals surface area (Å²) < 4.78 is 26.5. The molecule has 1 unspecified atom stereocenters. The van der Waals surface area contributed by atoms with Gasteiger partial charge in [0.1, 0.15) is 37.5 Å². The van der Waals surface area contributed by atoms with Crippen molar-refractivity contribution >= 4 is 41.6 Å². The smallest absolute Gasteiger partial charge is 0.228 e. The van der Waals surface area contributed by atoms with Crippen LogP contribution in [0.25, 0.3) is 33.1 Å². The maximum Gasteiger partial charge on any atom is 0.228 e. The number of rotatable bonds is 5. The molecule has 11 heteroatoms. The molecule has 5 heterocycles. The molecule has 5 bridgehead atoms. The van der Waals surface area contributed by atoms with E-state index in [1.165, 1.54) is 0 Å². The van der Waals surface area contributed by atoms with Gasteiger partial charge in [-0.3, -0.25) is 9.97 Å². The van der Waals surface area contributed by atoms with Crippen molar-refractivity contribution in [3.8, 4) is 28.5 Å². The first-order chi connectivity index (χ1) is 19.7. The first-order valence-electron chi connectivity index (χ1n) is 13.6. The van der Waals surface area contributed by atoms with E-state index in [9.17, 15) is 0 Å². The summed E-state index contributed by atoms with van der Waals surface area (Å²) in [7, 11) is -1.23. The van der Waals surface area contributed by atoms with Crippen LogP contribution in [0.1, 0.15) is 12.5 Å². The van der Waals surface area contributed by atoms with E-state index in [-0.39, 0.29) is 18.0 Å². The zero-order valence-electron chi connectivity index (χ0n) is 23.6. The second-order valence-electron chi connectivity index (χ2n) is 11.5. The number of aromatic nitrogens is 5. The van der Waals surface area contributed by atoms with Crippen LogP contribution in [0.2, 0.25) is 31.0 Å². The highest BCUT2D eigenvalue weighted by Gasteiger charge is 2.21. The number of nitrogens with zero attached hydrogens (tertiary/aromatic N) is 5. The second kappa shape index (κ2) is 11.3. The summed E-state index contributed by atoms with van der Waals surface area (Å²) in [5.74, 6) is 1.67. The number of fused-ring (bicyclic) bond motifs is 5. The minimum atomic E-state index is -1.23. The lowest BCUT2D eigenvalue weighted by atomic mass is 10.0. The fourth-order valence-electron chi connectivity index (χ4n) is 4.69. The predicted octanol–water partition coefficient (Wildman–Crippen LogP) is 6.75. The molecule has 0 radical (unpaired) electrons. The normalized spacial score (nSPS) is 15.5. The molecular formula is C30H32ClN5O4Si. The van der Waals surface area contributed by atoms with Gasteiger partial charge >= 0.3 is 0 Å². The molecule has 1 aliphatic rings. The van der Waals surface area contributed by atoms with Crippen LogP contribution in [0.15, 0.2) is 55.1 Å². The zero-order valence-corrected chi connectivity index (χ0v) is 25.3. The Morgan fingerprint density at radius 1 is 1.05 bits per heavy atom. The molecule has 1 atom stereocenters. The van der Waals surface area contributed by atoms with E-state index in [1.807, 2.05) is 42.0 Å². The summed E-state index contributed by atoms with van der Waals surface area (Å²) in [4.78, 5) is 18.0. The third kappa shape index (κ3) is 6.29. The van der Waals surface area contributed by atoms with Gasteiger partial charge in [-0.25, -0.2) is 0 Å². The van der Waals surface area contributed by atoms with Gasteiger partial charge in [-0.1, -0.05) is 25.7 Å². The van der Waals surface area contributed by atoms with Crippen molar-refractivity contribution in [1.29, 1.82) is 0 Å². The molecule has 1 aromatic carbocycles. The van der Waals surface area contributed by atoms with Crippen LogP contribution >= 0.6 is 11.6 Å². The largest absolute Gasteiger partial charge is 0.488 e. The van der Waals surface area contributed by atoms with Crippen molar-refractivity contribution in [2.24, 2.45) is 0 Å². The number of ether oxygens (including phenoxy) is 4. The highest BCUT2D eigenvalue weighted by molar-refractivity contribution is 6.76. The summed E-state index contributed by atoms with van der Waals surface area (Å²) in [6, 6.07) is 11.1. The van der Waals surface area contributed by atoms with Crippen LogP contribution < -0.4 is 14.2 Å². The first-order valence-corrected chi connectivity index (χ1v) is 17.7. The molecule has 0 N–H and O–H groups in total. The Kier molecular flexibility index (Phi) is 7.54. The first kappa shape index (κ1) is 27.4. The standard InChI is InChI=1S/C30H32ClN5O4Si/c1-19-16-38-23-9-20(12-32-13-23)17-39-29-27-25(21-5-6-26-22(10-21)11-24(40-19)14-33-26)15-36(28(27)34-30(31)35-29)18-37-7-8-41(2,3)4/h5-6,9-15,19H,7-8,16-18H2,1-4H3. The molecule has 0 fully saturated rings. The third-order valence-corrected chi connectivity index (χ3v) is 8.69. The van der Waals surface area contributed by atoms with Gasteiger partial charge in [-0.15, -0.1) is 0 Å². The van der Waals surface area contributed by atoms with Gasteiger partial charge < -0.3 is 23.5 Å². The van der Waals surface area contributed by atoms with E-state index >= 15 is 0 Å². The molecule has 5 aromatic rings. The average Bonchev–Trinajstić information content (AvgIpc) is 3.30. The quantitative estimate of drug-likeness (QED) is 0.126. The minimum Gasteiger partial charge on any atom is -0.488 e. The highest BCUT2D eigenvalue weighted by atomic mass is 35.5. The molecule has 1 aliphatic heterocycles. The van der Waals surface area contributed by atoms with Gasteiger partial charge in [0.05, 0.1) is 23.3 Å². The van der Waals surface area contributed by atoms with Crippen molar-refractivity contribution in [3.63, 3.8) is 0 Å². The molecule has 4 aromatic heterocycles. The topological polar surface area (TPSA) is 93.4 Å². The average molecular weight is 590 g/mol. The summed E-state index contributed by atoms with van der Waals surface area (Å²) in [6.07, 6.45) is 6.97. The number of benzene rings is 1. The van der Waals surface area contributed by atoms with Crippen molar-refractivity contribution in [2.75, 3.05) is 13.2 Å². The number of halogens is 1. The van der Waals surface area contributed by atoms with Gasteiger partial charge in [-0.2, -0.15) is 9.97 Å². The van der Waals surface area contributed by atoms with Crippen LogP contribution in [0.5, 0.6) is 17.4 Å². The molecule has 0 spiro atoms. The van der Waals surface area contributed by atoms with Gasteiger partial charge in [0.25, 0.3) is 0 Å². The van der Waals surface area contributed by atoms with Crippen molar-refractivity contribution in [1.82, 2.24) is 24.5 Å². The van der Waals surface area contributed by atoms with Crippen LogP contribution in [0.4, 0.5) is 0 Å². The van der Waals surface area contributed by atoms with Crippen LogP contribution in [0.3, 0.4) is 0 Å². The van der Waals surface area contributed by atoms with E-state index in [2.05, 4.69) is 45.6 Å². The lowest BCUT2D eigenvalue weighted by Crippen LogP contribution is -2.22. The Morgan fingerprint density at radius 2 is 1.93 bits per heavy atom. The molecule has 0 saturated heterocycles. The van der Waals surface area contributed by atoms with Crippen molar-refractivity contribution in [2.45, 2.75) is 52.1 Å². The monoisotopic (exact) mass is 589 g/mol. The zero-order chi connectivity index (χ0) is 28.6. The Balaban J connectivity index is 1.48. The summed E-state index contributed by atoms with van der Waals surface area (Å²) in [6.45, 7) is 10.6. The molecule has 41 heavy (non-hydrogen) atoms. The minimum absolute atomic E-state index is 0.0973. The molecule has 0 aliphatic carbocycles. The Labute approximate surface area is 244 Å². The molecule has 0 amide bonds. The third-order valence-electron chi connectivity index (χ3n) is 6.82. The number of pyridine rings is 2. The molecule has 212 valence electrons. The maximum atomic E-state index is 6.43. The number of hydrogen-bond donors (Lipinski definition) is 0. The van der Waals surface area contributed by atoms with Crippen LogP contribution in [-0.4, -0.2) is 51.9 Å². The van der Waals surface area contributed by atoms with Crippen LogP contribution in [-0.2, 0) is 18.1 Å². The highest BCUT2D eigenvalue weighted by Crippen LogP contribution is 2.38. The van der Waals surface area contributed by atoms with E-state index < -0.39 is 8.07 Å². The van der Waals surface area contributed by atoms with E-state index in [1.54, 1.807) is 18.6 Å². The summed E-state index contributed by atoms with van der Waals surface area (Å²) >= 11 is 6.43. The number of hydrogen-bond acceptors (Lipinski definition) is 8. The molecular weight excluding hydrogens is 558 g/mol. The van der Waals surface area contributed by atoms with Gasteiger partial charge in [0.2, 0.25) is 11.2 Å². The molecule has 0 saturated carbocycles. The van der Waals surface area contributed by atoms with Crippen molar-refractivity contribution < 1.29 is 18.9 Å². The fraction of sp³-hybridized carbons (Fsp3) is 0.333. The van der Waals surface area contributed by atoms with E-state index in [4.69, 9.17) is 30.5 Å². The second-order valence-corrected chi connectivity index (χ2v) is 17.5. The van der Waals surface area contributed by atoms with E-state index in [0.717, 1.165) is 39.0 Å². The van der Waals surface area contributed by atoms with Crippen molar-refractivity contribution in [3.05, 3.63) is 66.0 Å². The summed E-state index contributed by atoms with van der Waals surface area (Å²) in [5, 5.41) is 1.79. The SMILES string of the molecule is CC1COc2cncc(c2)COc2nc(Cl)nc3c2c(cn3COCC[Si](C)(C)C)-c2ccc3ncc(cc3c2)O1. The van der Waals surface area contributed by atoms with Gasteiger partial charge in [0.15, 0.2) is 5.65 Å². The lowest BCUT2D eigenvalue weighted by molar-refractivity contribution is 0.0899. The predicted molar refractivity (Wildman–Crippen MR) is 162 cm³/mol. The Morgan fingerprint density at radius 3 is 2.78 bits per heavy atom. The lowest BCUT2D eigenvalue weighted by Gasteiger charge is -2.16. The van der Waals surface area contributed by atoms with Gasteiger partial charge in [-0.05, 0) is 54.4 Å². The Bertz CT molecular complexity index is 1720. The molecule has 6 rings (SSSR count). The Hall–Kier alpha value is -3.73. The maximum absolute atomic E-state index is 6.43. The summed E-state index contributed by atoms with van der Waals surface area (Å²) in [5.41, 5.74) is 4.19. The van der Waals surface area contributed by atoms with E-state index in [0.29, 0.717) is 43.0 Å². The molecule has 9 nitrogen and oxygen atoms in total. The van der Waals surface area contributed by atoms with Crippen LogP contribution in [0, 0.1) is 0 Å².